The largest absolute Gasteiger partial charge is 0.414 e. The van der Waals surface area contributed by atoms with E-state index in [1.54, 1.807) is 0 Å². The van der Waals surface area contributed by atoms with Crippen LogP contribution in [-0.2, 0) is 4.43 Å². The van der Waals surface area contributed by atoms with Crippen LogP contribution in [0.15, 0.2) is 0 Å². The molecule has 2 saturated carbocycles. The Morgan fingerprint density at radius 3 is 1.94 bits per heavy atom. The van der Waals surface area contributed by atoms with Gasteiger partial charge in [-0.25, -0.2) is 0 Å². The highest BCUT2D eigenvalue weighted by Crippen LogP contribution is 2.43. The van der Waals surface area contributed by atoms with E-state index in [4.69, 9.17) is 4.43 Å². The minimum Gasteiger partial charge on any atom is -0.414 e. The second-order valence-corrected chi connectivity index (χ2v) is 9.59. The maximum atomic E-state index is 6.44. The van der Waals surface area contributed by atoms with E-state index in [0.717, 1.165) is 11.8 Å². The second-order valence-electron chi connectivity index (χ2n) is 7.54. The van der Waals surface area contributed by atoms with E-state index in [2.05, 4.69) is 26.9 Å². The fourth-order valence-electron chi connectivity index (χ4n) is 3.89. The molecule has 1 unspecified atom stereocenters. The Labute approximate surface area is 115 Å². The van der Waals surface area contributed by atoms with Gasteiger partial charge in [-0.05, 0) is 68.9 Å². The summed E-state index contributed by atoms with van der Waals surface area (Å²) in [6.45, 7) is 9.48. The van der Waals surface area contributed by atoms with Gasteiger partial charge in [-0.2, -0.15) is 0 Å². The average molecular weight is 268 g/mol. The van der Waals surface area contributed by atoms with E-state index in [1.165, 1.54) is 51.4 Å². The van der Waals surface area contributed by atoms with E-state index < -0.39 is 9.04 Å². The van der Waals surface area contributed by atoms with Gasteiger partial charge in [0.05, 0.1) is 6.10 Å². The number of hydrogen-bond donors (Lipinski definition) is 0. The highest BCUT2D eigenvalue weighted by atomic mass is 28.3. The third-order valence-electron chi connectivity index (χ3n) is 5.08. The lowest BCUT2D eigenvalue weighted by molar-refractivity contribution is 0.0351. The van der Waals surface area contributed by atoms with Crippen molar-refractivity contribution in [1.29, 1.82) is 0 Å². The summed E-state index contributed by atoms with van der Waals surface area (Å²) < 4.78 is 6.44. The molecule has 105 valence electrons. The third-order valence-corrected chi connectivity index (χ3v) is 5.83. The molecule has 0 aromatic heterocycles. The summed E-state index contributed by atoms with van der Waals surface area (Å²) in [5.74, 6) is 1.75. The van der Waals surface area contributed by atoms with Crippen LogP contribution in [0.1, 0.15) is 65.2 Å². The van der Waals surface area contributed by atoms with Crippen LogP contribution in [0.5, 0.6) is 0 Å². The molecule has 1 nitrogen and oxygen atoms in total. The van der Waals surface area contributed by atoms with Crippen molar-refractivity contribution in [1.82, 2.24) is 0 Å². The van der Waals surface area contributed by atoms with Crippen LogP contribution in [0.3, 0.4) is 0 Å². The quantitative estimate of drug-likeness (QED) is 0.649. The van der Waals surface area contributed by atoms with Crippen LogP contribution in [-0.4, -0.2) is 15.1 Å². The van der Waals surface area contributed by atoms with Gasteiger partial charge in [-0.15, -0.1) is 0 Å². The molecule has 2 fully saturated rings. The van der Waals surface area contributed by atoms with Crippen LogP contribution >= 0.6 is 0 Å². The molecule has 0 heterocycles. The fourth-order valence-corrected chi connectivity index (χ4v) is 4.81. The Balaban J connectivity index is 1.95. The van der Waals surface area contributed by atoms with Crippen LogP contribution < -0.4 is 0 Å². The molecule has 2 aliphatic rings. The van der Waals surface area contributed by atoms with Crippen molar-refractivity contribution in [2.75, 3.05) is 0 Å². The van der Waals surface area contributed by atoms with Crippen molar-refractivity contribution in [3.8, 4) is 0 Å². The first-order valence-electron chi connectivity index (χ1n) is 7.95. The predicted octanol–water partition coefficient (Wildman–Crippen LogP) is 5.03. The van der Waals surface area contributed by atoms with Gasteiger partial charge >= 0.3 is 0 Å². The van der Waals surface area contributed by atoms with Gasteiger partial charge in [0.25, 0.3) is 0 Å². The van der Waals surface area contributed by atoms with Gasteiger partial charge < -0.3 is 4.43 Å². The standard InChI is InChI=1S/C16H31OSi/c1-16(2)11-9-14(10-12-16)15(17-18(3)4)13-7-5-6-8-13/h13-15H,5-12H2,1-4H3. The SMILES string of the molecule is C[Si](C)OC(C1CCCC1)C1CCC(C)(C)CC1. The zero-order valence-corrected chi connectivity index (χ0v) is 13.8. The molecular weight excluding hydrogens is 236 g/mol. The van der Waals surface area contributed by atoms with Crippen molar-refractivity contribution in [3.63, 3.8) is 0 Å². The van der Waals surface area contributed by atoms with Crippen molar-refractivity contribution < 1.29 is 4.43 Å². The molecule has 18 heavy (non-hydrogen) atoms. The second kappa shape index (κ2) is 6.09. The van der Waals surface area contributed by atoms with Gasteiger partial charge in [0, 0.05) is 0 Å². The summed E-state index contributed by atoms with van der Waals surface area (Å²) in [6, 6.07) is 0. The summed E-state index contributed by atoms with van der Waals surface area (Å²) in [5, 5.41) is 0. The van der Waals surface area contributed by atoms with E-state index >= 15 is 0 Å². The first kappa shape index (κ1) is 14.6. The molecule has 2 aliphatic carbocycles. The van der Waals surface area contributed by atoms with Gasteiger partial charge in [-0.1, -0.05) is 26.7 Å². The molecule has 0 bridgehead atoms. The van der Waals surface area contributed by atoms with E-state index in [-0.39, 0.29) is 0 Å². The fraction of sp³-hybridized carbons (Fsp3) is 1.00. The molecule has 0 aromatic carbocycles. The van der Waals surface area contributed by atoms with Gasteiger partial charge in [0.15, 0.2) is 0 Å². The minimum atomic E-state index is -0.547. The Morgan fingerprint density at radius 1 is 0.944 bits per heavy atom. The third kappa shape index (κ3) is 3.83. The predicted molar refractivity (Wildman–Crippen MR) is 80.1 cm³/mol. The van der Waals surface area contributed by atoms with Gasteiger partial charge in [0.1, 0.15) is 0 Å². The topological polar surface area (TPSA) is 9.23 Å². The molecule has 2 rings (SSSR count). The maximum absolute atomic E-state index is 6.44. The van der Waals surface area contributed by atoms with E-state index in [1.807, 2.05) is 0 Å². The lowest BCUT2D eigenvalue weighted by Gasteiger charge is -2.40. The van der Waals surface area contributed by atoms with Gasteiger partial charge in [-0.3, -0.25) is 0 Å². The molecule has 0 aromatic rings. The summed E-state index contributed by atoms with van der Waals surface area (Å²) in [5.41, 5.74) is 0.586. The molecule has 0 aliphatic heterocycles. The van der Waals surface area contributed by atoms with Crippen LogP contribution in [0.2, 0.25) is 13.1 Å². The molecule has 0 N–H and O–H groups in total. The molecule has 2 heteroatoms. The van der Waals surface area contributed by atoms with E-state index in [0.29, 0.717) is 11.5 Å². The maximum Gasteiger partial charge on any atom is 0.205 e. The summed E-state index contributed by atoms with van der Waals surface area (Å²) in [6.07, 6.45) is 12.0. The lowest BCUT2D eigenvalue weighted by atomic mass is 9.70. The molecular formula is C16H31OSi. The number of hydrogen-bond acceptors (Lipinski definition) is 1. The first-order chi connectivity index (χ1) is 8.48. The Bertz CT molecular complexity index is 246. The molecule has 0 saturated heterocycles. The monoisotopic (exact) mass is 267 g/mol. The normalized spacial score (nSPS) is 27.8. The van der Waals surface area contributed by atoms with Crippen molar-refractivity contribution in [2.45, 2.75) is 84.4 Å². The smallest absolute Gasteiger partial charge is 0.205 e. The molecule has 1 atom stereocenters. The van der Waals surface area contributed by atoms with Crippen molar-refractivity contribution in [2.24, 2.45) is 17.3 Å². The van der Waals surface area contributed by atoms with Crippen LogP contribution in [0, 0.1) is 17.3 Å². The zero-order valence-electron chi connectivity index (χ0n) is 12.8. The van der Waals surface area contributed by atoms with Crippen LogP contribution in [0.4, 0.5) is 0 Å². The highest BCUT2D eigenvalue weighted by Gasteiger charge is 2.36. The summed E-state index contributed by atoms with van der Waals surface area (Å²) in [7, 11) is -0.547. The summed E-state index contributed by atoms with van der Waals surface area (Å²) in [4.78, 5) is 0. The van der Waals surface area contributed by atoms with Crippen molar-refractivity contribution >= 4 is 9.04 Å². The highest BCUT2D eigenvalue weighted by molar-refractivity contribution is 6.48. The molecule has 0 amide bonds. The van der Waals surface area contributed by atoms with Crippen molar-refractivity contribution in [3.05, 3.63) is 0 Å². The van der Waals surface area contributed by atoms with Gasteiger partial charge in [0.2, 0.25) is 9.04 Å². The van der Waals surface area contributed by atoms with Crippen LogP contribution in [0.25, 0.3) is 0 Å². The first-order valence-corrected chi connectivity index (χ1v) is 10.4. The number of rotatable bonds is 4. The zero-order chi connectivity index (χ0) is 13.2. The molecule has 0 spiro atoms. The summed E-state index contributed by atoms with van der Waals surface area (Å²) >= 11 is 0. The lowest BCUT2D eigenvalue weighted by Crippen LogP contribution is -2.37. The Morgan fingerprint density at radius 2 is 1.44 bits per heavy atom. The van der Waals surface area contributed by atoms with E-state index in [9.17, 15) is 0 Å². The molecule has 1 radical (unpaired) electrons. The minimum absolute atomic E-state index is 0.547. The average Bonchev–Trinajstić information content (AvgIpc) is 2.79. The Hall–Kier alpha value is 0.177. The Kier molecular flexibility index (Phi) is 4.93.